The molecule has 7 nitrogen and oxygen atoms in total. The van der Waals surface area contributed by atoms with Crippen LogP contribution in [0.15, 0.2) is 24.3 Å². The highest BCUT2D eigenvalue weighted by Gasteiger charge is 2.38. The summed E-state index contributed by atoms with van der Waals surface area (Å²) in [5.41, 5.74) is 0.553. The van der Waals surface area contributed by atoms with Gasteiger partial charge in [-0.3, -0.25) is 14.3 Å². The SMILES string of the molecule is CS(=O)(=O)Nc1ccc(C(=O)NCCCNC(=O)C(F)(F)F)cc1. The maximum atomic E-state index is 11.9. The lowest BCUT2D eigenvalue weighted by Gasteiger charge is -2.09. The van der Waals surface area contributed by atoms with Crippen molar-refractivity contribution in [1.82, 2.24) is 10.6 Å². The van der Waals surface area contributed by atoms with Gasteiger partial charge < -0.3 is 10.6 Å². The highest BCUT2D eigenvalue weighted by Crippen LogP contribution is 2.14. The van der Waals surface area contributed by atoms with Crippen molar-refractivity contribution >= 4 is 27.5 Å². The van der Waals surface area contributed by atoms with Crippen LogP contribution in [0.4, 0.5) is 18.9 Å². The zero-order valence-electron chi connectivity index (χ0n) is 12.6. The fourth-order valence-corrected chi connectivity index (χ4v) is 2.16. The Kier molecular flexibility index (Phi) is 6.58. The van der Waals surface area contributed by atoms with Crippen molar-refractivity contribution in [3.05, 3.63) is 29.8 Å². The molecule has 0 saturated carbocycles. The summed E-state index contributed by atoms with van der Waals surface area (Å²) in [7, 11) is -3.41. The zero-order valence-corrected chi connectivity index (χ0v) is 13.4. The lowest BCUT2D eigenvalue weighted by Crippen LogP contribution is -2.38. The third-order valence-electron chi connectivity index (χ3n) is 2.63. The van der Waals surface area contributed by atoms with Gasteiger partial charge in [0.2, 0.25) is 10.0 Å². The van der Waals surface area contributed by atoms with Crippen molar-refractivity contribution in [3.63, 3.8) is 0 Å². The van der Waals surface area contributed by atoms with Gasteiger partial charge in [-0.2, -0.15) is 13.2 Å². The first-order chi connectivity index (χ1) is 11.0. The Morgan fingerprint density at radius 1 is 1.04 bits per heavy atom. The molecule has 0 aromatic heterocycles. The molecule has 1 rings (SSSR count). The first-order valence-corrected chi connectivity index (χ1v) is 8.59. The molecule has 134 valence electrons. The molecule has 1 aromatic rings. The van der Waals surface area contributed by atoms with Crippen LogP contribution in [0.5, 0.6) is 0 Å². The Morgan fingerprint density at radius 2 is 1.58 bits per heavy atom. The Morgan fingerprint density at radius 3 is 2.08 bits per heavy atom. The number of halogens is 3. The number of rotatable bonds is 7. The number of nitrogens with one attached hydrogen (secondary N) is 3. The summed E-state index contributed by atoms with van der Waals surface area (Å²) in [6.07, 6.45) is -3.81. The number of sulfonamides is 1. The Hall–Kier alpha value is -2.30. The van der Waals surface area contributed by atoms with E-state index in [9.17, 15) is 31.2 Å². The smallest absolute Gasteiger partial charge is 0.352 e. The molecule has 0 bridgehead atoms. The van der Waals surface area contributed by atoms with Gasteiger partial charge >= 0.3 is 12.1 Å². The quantitative estimate of drug-likeness (QED) is 0.622. The number of anilines is 1. The molecule has 0 spiro atoms. The second-order valence-electron chi connectivity index (χ2n) is 4.81. The molecule has 2 amide bonds. The summed E-state index contributed by atoms with van der Waals surface area (Å²) in [6, 6.07) is 5.60. The van der Waals surface area contributed by atoms with Gasteiger partial charge in [-0.05, 0) is 30.7 Å². The standard InChI is InChI=1S/C13H16F3N3O4S/c1-24(22,23)19-10-5-3-9(4-6-10)11(20)17-7-2-8-18-12(21)13(14,15)16/h3-6,19H,2,7-8H2,1H3,(H,17,20)(H,18,21). The number of carbonyl (C=O) groups excluding carboxylic acids is 2. The number of alkyl halides is 3. The summed E-state index contributed by atoms with van der Waals surface area (Å²) in [4.78, 5) is 22.3. The van der Waals surface area contributed by atoms with Gasteiger partial charge in [0, 0.05) is 24.3 Å². The number of amides is 2. The van der Waals surface area contributed by atoms with E-state index in [1.54, 1.807) is 5.32 Å². The third kappa shape index (κ3) is 7.31. The van der Waals surface area contributed by atoms with E-state index in [-0.39, 0.29) is 25.1 Å². The molecule has 0 fully saturated rings. The van der Waals surface area contributed by atoms with Crippen LogP contribution in [0, 0.1) is 0 Å². The molecule has 0 heterocycles. The van der Waals surface area contributed by atoms with E-state index < -0.39 is 28.0 Å². The summed E-state index contributed by atoms with van der Waals surface area (Å²) in [5.74, 6) is -2.49. The van der Waals surface area contributed by atoms with Crippen LogP contribution in [0.1, 0.15) is 16.8 Å². The molecule has 0 radical (unpaired) electrons. The molecule has 0 aliphatic heterocycles. The molecule has 0 aliphatic carbocycles. The molecule has 3 N–H and O–H groups in total. The predicted molar refractivity (Wildman–Crippen MR) is 80.9 cm³/mol. The van der Waals surface area contributed by atoms with E-state index >= 15 is 0 Å². The molecule has 24 heavy (non-hydrogen) atoms. The van der Waals surface area contributed by atoms with Gasteiger partial charge in [0.05, 0.1) is 6.26 Å². The molecule has 1 aromatic carbocycles. The molecule has 0 aliphatic rings. The average Bonchev–Trinajstić information content (AvgIpc) is 2.44. The summed E-state index contributed by atoms with van der Waals surface area (Å²) < 4.78 is 60.1. The van der Waals surface area contributed by atoms with E-state index in [1.165, 1.54) is 24.3 Å². The minimum atomic E-state index is -4.93. The first kappa shape index (κ1) is 19.7. The average molecular weight is 367 g/mol. The Bertz CT molecular complexity index is 687. The summed E-state index contributed by atoms with van der Waals surface area (Å²) in [6.45, 7) is -0.157. The number of hydrogen-bond donors (Lipinski definition) is 3. The molecular weight excluding hydrogens is 351 g/mol. The topological polar surface area (TPSA) is 104 Å². The normalized spacial score (nSPS) is 11.7. The minimum absolute atomic E-state index is 0.0698. The van der Waals surface area contributed by atoms with Gasteiger partial charge in [0.25, 0.3) is 5.91 Å². The molecule has 0 unspecified atom stereocenters. The van der Waals surface area contributed by atoms with E-state index in [0.717, 1.165) is 6.26 Å². The van der Waals surface area contributed by atoms with Crippen LogP contribution < -0.4 is 15.4 Å². The fourth-order valence-electron chi connectivity index (χ4n) is 1.60. The van der Waals surface area contributed by atoms with Crippen molar-refractivity contribution in [2.45, 2.75) is 12.6 Å². The highest BCUT2D eigenvalue weighted by atomic mass is 32.2. The maximum absolute atomic E-state index is 11.9. The fraction of sp³-hybridized carbons (Fsp3) is 0.385. The van der Waals surface area contributed by atoms with Crippen molar-refractivity contribution < 1.29 is 31.2 Å². The number of carbonyl (C=O) groups is 2. The lowest BCUT2D eigenvalue weighted by atomic mass is 10.2. The highest BCUT2D eigenvalue weighted by molar-refractivity contribution is 7.92. The Balaban J connectivity index is 2.37. The van der Waals surface area contributed by atoms with Gasteiger partial charge in [0.15, 0.2) is 0 Å². The van der Waals surface area contributed by atoms with Crippen LogP contribution in [0.3, 0.4) is 0 Å². The van der Waals surface area contributed by atoms with Gasteiger partial charge in [0.1, 0.15) is 0 Å². The third-order valence-corrected chi connectivity index (χ3v) is 3.24. The lowest BCUT2D eigenvalue weighted by molar-refractivity contribution is -0.173. The van der Waals surface area contributed by atoms with E-state index in [0.29, 0.717) is 5.69 Å². The van der Waals surface area contributed by atoms with Crippen molar-refractivity contribution in [1.29, 1.82) is 0 Å². The van der Waals surface area contributed by atoms with Crippen LogP contribution in [0.2, 0.25) is 0 Å². The van der Waals surface area contributed by atoms with Gasteiger partial charge in [-0.25, -0.2) is 8.42 Å². The molecule has 11 heteroatoms. The van der Waals surface area contributed by atoms with Crippen molar-refractivity contribution in [2.24, 2.45) is 0 Å². The number of benzene rings is 1. The van der Waals surface area contributed by atoms with Gasteiger partial charge in [-0.1, -0.05) is 0 Å². The molecule has 0 atom stereocenters. The monoisotopic (exact) mass is 367 g/mol. The molecule has 0 saturated heterocycles. The Labute approximate surface area is 136 Å². The minimum Gasteiger partial charge on any atom is -0.352 e. The van der Waals surface area contributed by atoms with Crippen molar-refractivity contribution in [3.8, 4) is 0 Å². The van der Waals surface area contributed by atoms with E-state index in [2.05, 4.69) is 10.0 Å². The maximum Gasteiger partial charge on any atom is 0.471 e. The van der Waals surface area contributed by atoms with Gasteiger partial charge in [-0.15, -0.1) is 0 Å². The first-order valence-electron chi connectivity index (χ1n) is 6.70. The summed E-state index contributed by atoms with van der Waals surface area (Å²) in [5, 5.41) is 4.15. The van der Waals surface area contributed by atoms with Crippen LogP contribution >= 0.6 is 0 Å². The largest absolute Gasteiger partial charge is 0.471 e. The van der Waals surface area contributed by atoms with Crippen LogP contribution in [0.25, 0.3) is 0 Å². The molecular formula is C13H16F3N3O4S. The van der Waals surface area contributed by atoms with E-state index in [4.69, 9.17) is 0 Å². The summed E-state index contributed by atoms with van der Waals surface area (Å²) >= 11 is 0. The van der Waals surface area contributed by atoms with Crippen molar-refractivity contribution in [2.75, 3.05) is 24.1 Å². The second kappa shape index (κ2) is 7.99. The van der Waals surface area contributed by atoms with E-state index in [1.807, 2.05) is 0 Å². The zero-order chi connectivity index (χ0) is 18.4. The number of hydrogen-bond acceptors (Lipinski definition) is 4. The second-order valence-corrected chi connectivity index (χ2v) is 6.56. The van der Waals surface area contributed by atoms with Crippen LogP contribution in [-0.4, -0.2) is 45.8 Å². The predicted octanol–water partition coefficient (Wildman–Crippen LogP) is 0.856. The van der Waals surface area contributed by atoms with Crippen LogP contribution in [-0.2, 0) is 14.8 Å².